The third-order valence-electron chi connectivity index (χ3n) is 2.20. The van der Waals surface area contributed by atoms with Crippen molar-refractivity contribution >= 4 is 13.6 Å². The van der Waals surface area contributed by atoms with Gasteiger partial charge in [0.1, 0.15) is 0 Å². The molecule has 0 spiro atoms. The Morgan fingerprint density at radius 3 is 2.07 bits per heavy atom. The second kappa shape index (κ2) is 4.14. The standard InChI is InChI=1S/C13H20Si/c1-11-6-8-13(9-7-11)12(2)10-14(3,4)5/h6-9H,2,10H2,1,3-5H3. The van der Waals surface area contributed by atoms with E-state index in [9.17, 15) is 0 Å². The lowest BCUT2D eigenvalue weighted by Crippen LogP contribution is -2.19. The highest BCUT2D eigenvalue weighted by Gasteiger charge is 2.14. The Labute approximate surface area is 88.7 Å². The van der Waals surface area contributed by atoms with E-state index in [1.54, 1.807) is 0 Å². The first-order valence-corrected chi connectivity index (χ1v) is 8.84. The van der Waals surface area contributed by atoms with Crippen LogP contribution in [0.25, 0.3) is 5.57 Å². The predicted molar refractivity (Wildman–Crippen MR) is 68.4 cm³/mol. The van der Waals surface area contributed by atoms with Crippen LogP contribution in [0, 0.1) is 6.92 Å². The van der Waals surface area contributed by atoms with Crippen LogP contribution in [-0.2, 0) is 0 Å². The van der Waals surface area contributed by atoms with E-state index in [4.69, 9.17) is 0 Å². The molecule has 1 aromatic rings. The Bertz CT molecular complexity index is 314. The van der Waals surface area contributed by atoms with Crippen LogP contribution in [0.4, 0.5) is 0 Å². The van der Waals surface area contributed by atoms with Crippen molar-refractivity contribution in [2.24, 2.45) is 0 Å². The number of allylic oxidation sites excluding steroid dienone is 1. The molecule has 0 saturated heterocycles. The normalized spacial score (nSPS) is 11.4. The van der Waals surface area contributed by atoms with Crippen molar-refractivity contribution < 1.29 is 0 Å². The minimum atomic E-state index is -1.02. The van der Waals surface area contributed by atoms with Crippen LogP contribution in [-0.4, -0.2) is 8.07 Å². The van der Waals surface area contributed by atoms with Crippen molar-refractivity contribution in [1.82, 2.24) is 0 Å². The Balaban J connectivity index is 2.76. The molecular formula is C13H20Si. The van der Waals surface area contributed by atoms with Gasteiger partial charge in [0, 0.05) is 8.07 Å². The van der Waals surface area contributed by atoms with Crippen molar-refractivity contribution in [3.8, 4) is 0 Å². The molecule has 0 heterocycles. The number of aryl methyl sites for hydroxylation is 1. The van der Waals surface area contributed by atoms with Gasteiger partial charge in [0.25, 0.3) is 0 Å². The highest BCUT2D eigenvalue weighted by atomic mass is 28.3. The van der Waals surface area contributed by atoms with Crippen molar-refractivity contribution in [2.45, 2.75) is 32.6 Å². The summed E-state index contributed by atoms with van der Waals surface area (Å²) >= 11 is 0. The smallest absolute Gasteiger partial charge is 0.0487 e. The number of hydrogen-bond acceptors (Lipinski definition) is 0. The Hall–Kier alpha value is -0.823. The summed E-state index contributed by atoms with van der Waals surface area (Å²) in [6.45, 7) is 13.4. The van der Waals surface area contributed by atoms with Crippen molar-refractivity contribution in [2.75, 3.05) is 0 Å². The Kier molecular flexibility index (Phi) is 3.32. The minimum Gasteiger partial charge on any atom is -0.0955 e. The van der Waals surface area contributed by atoms with Crippen LogP contribution >= 0.6 is 0 Å². The van der Waals surface area contributed by atoms with Gasteiger partial charge in [-0.3, -0.25) is 0 Å². The van der Waals surface area contributed by atoms with E-state index in [-0.39, 0.29) is 0 Å². The van der Waals surface area contributed by atoms with Gasteiger partial charge in [-0.2, -0.15) is 0 Å². The zero-order chi connectivity index (χ0) is 10.8. The van der Waals surface area contributed by atoms with Crippen LogP contribution in [0.1, 0.15) is 11.1 Å². The quantitative estimate of drug-likeness (QED) is 0.642. The third kappa shape index (κ3) is 3.50. The number of benzene rings is 1. The molecule has 0 unspecified atom stereocenters. The van der Waals surface area contributed by atoms with Gasteiger partial charge in [-0.25, -0.2) is 0 Å². The fraction of sp³-hybridized carbons (Fsp3) is 0.385. The fourth-order valence-electron chi connectivity index (χ4n) is 1.53. The summed E-state index contributed by atoms with van der Waals surface area (Å²) in [6, 6.07) is 9.86. The third-order valence-corrected chi connectivity index (χ3v) is 3.69. The highest BCUT2D eigenvalue weighted by molar-refractivity contribution is 6.77. The Morgan fingerprint density at radius 2 is 1.64 bits per heavy atom. The molecule has 0 fully saturated rings. The summed E-state index contributed by atoms with van der Waals surface area (Å²) in [7, 11) is -1.02. The van der Waals surface area contributed by atoms with E-state index in [2.05, 4.69) is 57.4 Å². The molecule has 0 amide bonds. The lowest BCUT2D eigenvalue weighted by molar-refractivity contribution is 1.43. The van der Waals surface area contributed by atoms with Crippen LogP contribution in [0.5, 0.6) is 0 Å². The number of hydrogen-bond donors (Lipinski definition) is 0. The maximum absolute atomic E-state index is 4.17. The molecule has 14 heavy (non-hydrogen) atoms. The van der Waals surface area contributed by atoms with E-state index in [0.29, 0.717) is 0 Å². The zero-order valence-electron chi connectivity index (χ0n) is 9.72. The summed E-state index contributed by atoms with van der Waals surface area (Å²) in [5.41, 5.74) is 3.91. The van der Waals surface area contributed by atoms with Crippen LogP contribution < -0.4 is 0 Å². The SMILES string of the molecule is C=C(C[Si](C)(C)C)c1ccc(C)cc1. The van der Waals surface area contributed by atoms with Crippen LogP contribution in [0.2, 0.25) is 25.7 Å². The van der Waals surface area contributed by atoms with Gasteiger partial charge >= 0.3 is 0 Å². The summed E-state index contributed by atoms with van der Waals surface area (Å²) in [5.74, 6) is 0. The van der Waals surface area contributed by atoms with Gasteiger partial charge in [-0.15, -0.1) is 0 Å². The van der Waals surface area contributed by atoms with E-state index in [1.807, 2.05) is 0 Å². The van der Waals surface area contributed by atoms with Gasteiger partial charge in [0.05, 0.1) is 0 Å². The molecule has 0 aliphatic carbocycles. The minimum absolute atomic E-state index is 1.02. The molecule has 0 nitrogen and oxygen atoms in total. The molecule has 0 atom stereocenters. The first-order valence-electron chi connectivity index (χ1n) is 5.13. The molecule has 0 aliphatic heterocycles. The molecule has 0 aliphatic rings. The van der Waals surface area contributed by atoms with Gasteiger partial charge in [-0.05, 0) is 18.5 Å². The molecule has 0 bridgehead atoms. The molecule has 0 saturated carbocycles. The first-order chi connectivity index (χ1) is 6.38. The molecule has 0 aromatic heterocycles. The van der Waals surface area contributed by atoms with E-state index in [1.165, 1.54) is 22.7 Å². The first kappa shape index (κ1) is 11.3. The molecule has 1 heteroatoms. The lowest BCUT2D eigenvalue weighted by atomic mass is 10.1. The molecule has 1 rings (SSSR count). The van der Waals surface area contributed by atoms with Crippen LogP contribution in [0.3, 0.4) is 0 Å². The highest BCUT2D eigenvalue weighted by Crippen LogP contribution is 2.23. The van der Waals surface area contributed by atoms with Gasteiger partial charge in [-0.1, -0.05) is 61.6 Å². The topological polar surface area (TPSA) is 0 Å². The summed E-state index contributed by atoms with van der Waals surface area (Å²) in [6.07, 6.45) is 0. The predicted octanol–water partition coefficient (Wildman–Crippen LogP) is 4.35. The average molecular weight is 204 g/mol. The average Bonchev–Trinajstić information content (AvgIpc) is 2.02. The van der Waals surface area contributed by atoms with Gasteiger partial charge in [0.2, 0.25) is 0 Å². The van der Waals surface area contributed by atoms with Crippen LogP contribution in [0.15, 0.2) is 30.8 Å². The maximum Gasteiger partial charge on any atom is 0.0487 e. The second-order valence-corrected chi connectivity index (χ2v) is 10.7. The van der Waals surface area contributed by atoms with Crippen molar-refractivity contribution in [3.63, 3.8) is 0 Å². The number of rotatable bonds is 3. The van der Waals surface area contributed by atoms with Crippen molar-refractivity contribution in [3.05, 3.63) is 42.0 Å². The summed E-state index contributed by atoms with van der Waals surface area (Å²) in [5, 5.41) is 0. The van der Waals surface area contributed by atoms with Crippen molar-refractivity contribution in [1.29, 1.82) is 0 Å². The molecule has 76 valence electrons. The maximum atomic E-state index is 4.17. The van der Waals surface area contributed by atoms with Gasteiger partial charge in [0.15, 0.2) is 0 Å². The lowest BCUT2D eigenvalue weighted by Gasteiger charge is -2.17. The molecular weight excluding hydrogens is 184 g/mol. The van der Waals surface area contributed by atoms with E-state index in [0.717, 1.165) is 0 Å². The summed E-state index contributed by atoms with van der Waals surface area (Å²) in [4.78, 5) is 0. The largest absolute Gasteiger partial charge is 0.0955 e. The van der Waals surface area contributed by atoms with E-state index >= 15 is 0 Å². The molecule has 0 N–H and O–H groups in total. The molecule has 0 radical (unpaired) electrons. The monoisotopic (exact) mass is 204 g/mol. The van der Waals surface area contributed by atoms with Gasteiger partial charge < -0.3 is 0 Å². The molecule has 1 aromatic carbocycles. The second-order valence-electron chi connectivity index (χ2n) is 5.21. The summed E-state index contributed by atoms with van der Waals surface area (Å²) < 4.78 is 0. The fourth-order valence-corrected chi connectivity index (χ4v) is 3.02. The van der Waals surface area contributed by atoms with E-state index < -0.39 is 8.07 Å². The zero-order valence-corrected chi connectivity index (χ0v) is 10.7. The Morgan fingerprint density at radius 1 is 1.14 bits per heavy atom.